The Morgan fingerprint density at radius 2 is 1.90 bits per heavy atom. The van der Waals surface area contributed by atoms with Gasteiger partial charge in [-0.3, -0.25) is 4.79 Å². The van der Waals surface area contributed by atoms with E-state index in [0.29, 0.717) is 32.5 Å². The van der Waals surface area contributed by atoms with Crippen molar-refractivity contribution in [3.63, 3.8) is 0 Å². The summed E-state index contributed by atoms with van der Waals surface area (Å²) in [6, 6.07) is 7.35. The van der Waals surface area contributed by atoms with Gasteiger partial charge in [0, 0.05) is 19.6 Å². The molecule has 21 heavy (non-hydrogen) atoms. The van der Waals surface area contributed by atoms with Crippen LogP contribution in [0.4, 0.5) is 4.79 Å². The smallest absolute Gasteiger partial charge is 0.317 e. The third kappa shape index (κ3) is 4.11. The molecule has 1 saturated heterocycles. The van der Waals surface area contributed by atoms with E-state index >= 15 is 0 Å². The van der Waals surface area contributed by atoms with E-state index in [1.54, 1.807) is 12.0 Å². The lowest BCUT2D eigenvalue weighted by atomic mass is 9.97. The molecule has 0 radical (unpaired) electrons. The van der Waals surface area contributed by atoms with Gasteiger partial charge in [0.15, 0.2) is 0 Å². The second kappa shape index (κ2) is 6.97. The van der Waals surface area contributed by atoms with Crippen LogP contribution in [0.5, 0.6) is 5.75 Å². The minimum absolute atomic E-state index is 0.144. The van der Waals surface area contributed by atoms with E-state index < -0.39 is 5.97 Å². The molecule has 0 saturated carbocycles. The third-order valence-electron chi connectivity index (χ3n) is 3.73. The Morgan fingerprint density at radius 3 is 2.43 bits per heavy atom. The SMILES string of the molecule is COc1ccc(CNC(=O)N2CCC(C(=O)O)CC2)cc1. The zero-order valence-corrected chi connectivity index (χ0v) is 12.0. The minimum atomic E-state index is -0.770. The van der Waals surface area contributed by atoms with Crippen LogP contribution in [-0.2, 0) is 11.3 Å². The van der Waals surface area contributed by atoms with Crippen LogP contribution in [0.3, 0.4) is 0 Å². The highest BCUT2D eigenvalue weighted by Crippen LogP contribution is 2.17. The van der Waals surface area contributed by atoms with Gasteiger partial charge in [-0.25, -0.2) is 4.79 Å². The summed E-state index contributed by atoms with van der Waals surface area (Å²) in [7, 11) is 1.61. The number of rotatable bonds is 4. The molecule has 0 aliphatic carbocycles. The molecule has 1 fully saturated rings. The number of hydrogen-bond acceptors (Lipinski definition) is 3. The Morgan fingerprint density at radius 1 is 1.29 bits per heavy atom. The number of nitrogens with one attached hydrogen (secondary N) is 1. The summed E-state index contributed by atoms with van der Waals surface area (Å²) in [5.74, 6) is -0.315. The van der Waals surface area contributed by atoms with Gasteiger partial charge in [0.05, 0.1) is 13.0 Å². The normalized spacial score (nSPS) is 15.6. The number of carbonyl (C=O) groups is 2. The topological polar surface area (TPSA) is 78.9 Å². The van der Waals surface area contributed by atoms with Crippen LogP contribution in [-0.4, -0.2) is 42.2 Å². The molecule has 2 rings (SSSR count). The largest absolute Gasteiger partial charge is 0.497 e. The van der Waals surface area contributed by atoms with Gasteiger partial charge in [-0.2, -0.15) is 0 Å². The zero-order valence-electron chi connectivity index (χ0n) is 12.0. The number of hydrogen-bond donors (Lipinski definition) is 2. The second-order valence-corrected chi connectivity index (χ2v) is 5.11. The number of carboxylic acid groups (broad SMARTS) is 1. The molecule has 1 aliphatic heterocycles. The molecule has 0 aromatic heterocycles. The monoisotopic (exact) mass is 292 g/mol. The lowest BCUT2D eigenvalue weighted by molar-refractivity contribution is -0.143. The number of likely N-dealkylation sites (tertiary alicyclic amines) is 1. The fraction of sp³-hybridized carbons (Fsp3) is 0.467. The first kappa shape index (κ1) is 15.2. The fourth-order valence-electron chi connectivity index (χ4n) is 2.36. The van der Waals surface area contributed by atoms with Gasteiger partial charge in [-0.15, -0.1) is 0 Å². The molecule has 0 spiro atoms. The molecule has 1 heterocycles. The van der Waals surface area contributed by atoms with E-state index in [4.69, 9.17) is 9.84 Å². The number of benzene rings is 1. The van der Waals surface area contributed by atoms with Crippen LogP contribution >= 0.6 is 0 Å². The van der Waals surface area contributed by atoms with Gasteiger partial charge in [0.2, 0.25) is 0 Å². The van der Waals surface area contributed by atoms with E-state index in [1.807, 2.05) is 24.3 Å². The highest BCUT2D eigenvalue weighted by atomic mass is 16.5. The number of aliphatic carboxylic acids is 1. The van der Waals surface area contributed by atoms with Crippen LogP contribution in [0.2, 0.25) is 0 Å². The van der Waals surface area contributed by atoms with Crippen molar-refractivity contribution in [2.75, 3.05) is 20.2 Å². The van der Waals surface area contributed by atoms with Crippen molar-refractivity contribution in [1.82, 2.24) is 10.2 Å². The van der Waals surface area contributed by atoms with Crippen molar-refractivity contribution in [3.8, 4) is 5.75 Å². The average molecular weight is 292 g/mol. The number of piperidine rings is 1. The summed E-state index contributed by atoms with van der Waals surface area (Å²) < 4.78 is 5.08. The first-order chi connectivity index (χ1) is 10.1. The molecule has 0 bridgehead atoms. The Labute approximate surface area is 123 Å². The van der Waals surface area contributed by atoms with Gasteiger partial charge in [-0.1, -0.05) is 12.1 Å². The van der Waals surface area contributed by atoms with Crippen LogP contribution < -0.4 is 10.1 Å². The summed E-state index contributed by atoms with van der Waals surface area (Å²) in [6.07, 6.45) is 1.04. The van der Waals surface area contributed by atoms with Crippen molar-refractivity contribution in [2.24, 2.45) is 5.92 Å². The minimum Gasteiger partial charge on any atom is -0.497 e. The molecule has 6 heteroatoms. The van der Waals surface area contributed by atoms with E-state index in [1.165, 1.54) is 0 Å². The van der Waals surface area contributed by atoms with E-state index in [2.05, 4.69) is 5.32 Å². The van der Waals surface area contributed by atoms with Crippen LogP contribution in [0.25, 0.3) is 0 Å². The maximum atomic E-state index is 12.0. The predicted molar refractivity (Wildman–Crippen MR) is 77.2 cm³/mol. The van der Waals surface area contributed by atoms with Crippen LogP contribution in [0.15, 0.2) is 24.3 Å². The lowest BCUT2D eigenvalue weighted by Crippen LogP contribution is -2.45. The highest BCUT2D eigenvalue weighted by Gasteiger charge is 2.26. The number of carbonyl (C=O) groups excluding carboxylic acids is 1. The Kier molecular flexibility index (Phi) is 5.03. The summed E-state index contributed by atoms with van der Waals surface area (Å²) >= 11 is 0. The summed E-state index contributed by atoms with van der Waals surface area (Å²) in [5, 5.41) is 11.8. The van der Waals surface area contributed by atoms with Gasteiger partial charge in [0.25, 0.3) is 0 Å². The van der Waals surface area contributed by atoms with Crippen LogP contribution in [0, 0.1) is 5.92 Å². The van der Waals surface area contributed by atoms with Gasteiger partial charge < -0.3 is 20.1 Å². The molecule has 2 amide bonds. The van der Waals surface area contributed by atoms with Gasteiger partial charge in [0.1, 0.15) is 5.75 Å². The van der Waals surface area contributed by atoms with E-state index in [9.17, 15) is 9.59 Å². The van der Waals surface area contributed by atoms with Crippen molar-refractivity contribution in [3.05, 3.63) is 29.8 Å². The Bertz CT molecular complexity index is 493. The number of carboxylic acids is 1. The second-order valence-electron chi connectivity index (χ2n) is 5.11. The van der Waals surface area contributed by atoms with Crippen LogP contribution in [0.1, 0.15) is 18.4 Å². The zero-order chi connectivity index (χ0) is 15.2. The molecule has 0 atom stereocenters. The molecule has 2 N–H and O–H groups in total. The number of methoxy groups -OCH3 is 1. The first-order valence-corrected chi connectivity index (χ1v) is 6.98. The molecule has 6 nitrogen and oxygen atoms in total. The fourth-order valence-corrected chi connectivity index (χ4v) is 2.36. The molecule has 114 valence electrons. The third-order valence-corrected chi connectivity index (χ3v) is 3.73. The van der Waals surface area contributed by atoms with Gasteiger partial charge in [-0.05, 0) is 30.5 Å². The lowest BCUT2D eigenvalue weighted by Gasteiger charge is -2.30. The van der Waals surface area contributed by atoms with E-state index in [-0.39, 0.29) is 11.9 Å². The van der Waals surface area contributed by atoms with Crippen molar-refractivity contribution in [1.29, 1.82) is 0 Å². The molecule has 1 aliphatic rings. The van der Waals surface area contributed by atoms with Gasteiger partial charge >= 0.3 is 12.0 Å². The predicted octanol–water partition coefficient (Wildman–Crippen LogP) is 1.70. The maximum Gasteiger partial charge on any atom is 0.317 e. The number of urea groups is 1. The standard InChI is InChI=1S/C15H20N2O4/c1-21-13-4-2-11(3-5-13)10-16-15(20)17-8-6-12(7-9-17)14(18)19/h2-5,12H,6-10H2,1H3,(H,16,20)(H,18,19). The number of amides is 2. The average Bonchev–Trinajstić information content (AvgIpc) is 2.53. The molecular weight excluding hydrogens is 272 g/mol. The summed E-state index contributed by atoms with van der Waals surface area (Å²) in [5.41, 5.74) is 0.990. The Hall–Kier alpha value is -2.24. The summed E-state index contributed by atoms with van der Waals surface area (Å²) in [6.45, 7) is 1.43. The summed E-state index contributed by atoms with van der Waals surface area (Å²) in [4.78, 5) is 24.5. The number of ether oxygens (including phenoxy) is 1. The number of nitrogens with zero attached hydrogens (tertiary/aromatic N) is 1. The van der Waals surface area contributed by atoms with Crippen molar-refractivity contribution >= 4 is 12.0 Å². The molecular formula is C15H20N2O4. The van der Waals surface area contributed by atoms with E-state index in [0.717, 1.165) is 11.3 Å². The maximum absolute atomic E-state index is 12.0. The highest BCUT2D eigenvalue weighted by molar-refractivity contribution is 5.75. The van der Waals surface area contributed by atoms with Crippen molar-refractivity contribution in [2.45, 2.75) is 19.4 Å². The molecule has 0 unspecified atom stereocenters. The quantitative estimate of drug-likeness (QED) is 0.885. The first-order valence-electron chi connectivity index (χ1n) is 6.98. The Balaban J connectivity index is 1.78. The van der Waals surface area contributed by atoms with Crippen molar-refractivity contribution < 1.29 is 19.4 Å². The molecule has 1 aromatic carbocycles. The molecule has 1 aromatic rings.